The minimum Gasteiger partial charge on any atom is -0.461 e. The Kier molecular flexibility index (Phi) is 5.87. The number of Topliss-reactive ketones (excluding diaryl/α,β-unsaturated/α-hetero) is 1. The number of nitrogens with zero attached hydrogens (tertiary/aromatic N) is 1. The number of ether oxygens (including phenoxy) is 1. The van der Waals surface area contributed by atoms with E-state index in [1.54, 1.807) is 6.92 Å². The highest BCUT2D eigenvalue weighted by molar-refractivity contribution is 6.68. The summed E-state index contributed by atoms with van der Waals surface area (Å²) in [5.74, 6) is -1.45. The van der Waals surface area contributed by atoms with E-state index in [2.05, 4.69) is 14.7 Å². The van der Waals surface area contributed by atoms with Crippen molar-refractivity contribution in [3.05, 3.63) is 0 Å². The molecule has 5 nitrogen and oxygen atoms in total. The van der Waals surface area contributed by atoms with Gasteiger partial charge in [-0.3, -0.25) is 4.79 Å². The number of ketones is 1. The molecule has 0 aromatic heterocycles. The minimum absolute atomic E-state index is 0.158. The molecule has 0 saturated carbocycles. The van der Waals surface area contributed by atoms with Crippen LogP contribution < -0.4 is 0 Å². The van der Waals surface area contributed by atoms with E-state index in [-0.39, 0.29) is 6.61 Å². The molecule has 6 heteroatoms. The summed E-state index contributed by atoms with van der Waals surface area (Å²) in [6, 6.07) is 0. The summed E-state index contributed by atoms with van der Waals surface area (Å²) < 4.78 is 4.60. The number of alkyl halides is 1. The molecule has 0 rings (SSSR count). The van der Waals surface area contributed by atoms with Gasteiger partial charge in [-0.1, -0.05) is 5.16 Å². The van der Waals surface area contributed by atoms with Crippen molar-refractivity contribution in [1.29, 1.82) is 0 Å². The highest BCUT2D eigenvalue weighted by atomic mass is 35.5. The van der Waals surface area contributed by atoms with Crippen molar-refractivity contribution in [3.8, 4) is 0 Å². The van der Waals surface area contributed by atoms with E-state index in [0.29, 0.717) is 0 Å². The average molecular weight is 222 g/mol. The summed E-state index contributed by atoms with van der Waals surface area (Å²) >= 11 is 5.51. The SMILES string of the molecule is CCOC(=O)C(=NOC)C(=O)C(C)Cl. The van der Waals surface area contributed by atoms with Crippen LogP contribution >= 0.6 is 11.6 Å². The van der Waals surface area contributed by atoms with Gasteiger partial charge in [0.25, 0.3) is 0 Å². The van der Waals surface area contributed by atoms with Gasteiger partial charge in [0.05, 0.1) is 12.0 Å². The minimum atomic E-state index is -0.840. The monoisotopic (exact) mass is 221 g/mol. The molecule has 0 N–H and O–H groups in total. The van der Waals surface area contributed by atoms with Crippen molar-refractivity contribution in [3.63, 3.8) is 0 Å². The largest absolute Gasteiger partial charge is 0.461 e. The summed E-state index contributed by atoms with van der Waals surface area (Å²) in [4.78, 5) is 26.8. The van der Waals surface area contributed by atoms with Crippen LogP contribution in [0.5, 0.6) is 0 Å². The predicted octanol–water partition coefficient (Wildman–Crippen LogP) is 0.748. The Hall–Kier alpha value is -1.10. The number of oxime groups is 1. The Morgan fingerprint density at radius 2 is 2.07 bits per heavy atom. The van der Waals surface area contributed by atoms with Gasteiger partial charge in [-0.05, 0) is 13.8 Å². The zero-order chi connectivity index (χ0) is 11.1. The third-order valence-corrected chi connectivity index (χ3v) is 1.44. The molecule has 1 atom stereocenters. The molecule has 14 heavy (non-hydrogen) atoms. The van der Waals surface area contributed by atoms with Crippen molar-refractivity contribution in [2.45, 2.75) is 19.2 Å². The van der Waals surface area contributed by atoms with Crippen molar-refractivity contribution in [2.75, 3.05) is 13.7 Å². The van der Waals surface area contributed by atoms with E-state index < -0.39 is 22.8 Å². The smallest absolute Gasteiger partial charge is 0.364 e. The quantitative estimate of drug-likeness (QED) is 0.226. The molecule has 0 aliphatic carbocycles. The first-order chi connectivity index (χ1) is 6.54. The Labute approximate surface area is 87.0 Å². The molecule has 0 aromatic carbocycles. The molecule has 1 unspecified atom stereocenters. The van der Waals surface area contributed by atoms with Crippen LogP contribution in [0.25, 0.3) is 0 Å². The molecule has 0 aliphatic heterocycles. The molecular weight excluding hydrogens is 210 g/mol. The van der Waals surface area contributed by atoms with E-state index in [0.717, 1.165) is 0 Å². The average Bonchev–Trinajstić information content (AvgIpc) is 2.13. The van der Waals surface area contributed by atoms with Gasteiger partial charge in [0.1, 0.15) is 7.11 Å². The van der Waals surface area contributed by atoms with Gasteiger partial charge >= 0.3 is 5.97 Å². The molecule has 0 radical (unpaired) electrons. The first kappa shape index (κ1) is 12.9. The Bertz CT molecular complexity index is 250. The van der Waals surface area contributed by atoms with Crippen LogP contribution in [0.4, 0.5) is 0 Å². The van der Waals surface area contributed by atoms with E-state index in [9.17, 15) is 9.59 Å². The molecule has 0 saturated heterocycles. The van der Waals surface area contributed by atoms with Gasteiger partial charge < -0.3 is 9.57 Å². The highest BCUT2D eigenvalue weighted by Gasteiger charge is 2.26. The summed E-state index contributed by atoms with van der Waals surface area (Å²) in [6.45, 7) is 3.22. The maximum Gasteiger partial charge on any atom is 0.364 e. The molecule has 0 heterocycles. The summed E-state index contributed by atoms with van der Waals surface area (Å²) in [6.07, 6.45) is 0. The zero-order valence-electron chi connectivity index (χ0n) is 8.24. The number of hydrogen-bond donors (Lipinski definition) is 0. The van der Waals surface area contributed by atoms with Crippen molar-refractivity contribution in [2.24, 2.45) is 5.16 Å². The van der Waals surface area contributed by atoms with Gasteiger partial charge in [0, 0.05) is 0 Å². The second kappa shape index (κ2) is 6.37. The topological polar surface area (TPSA) is 65.0 Å². The van der Waals surface area contributed by atoms with Gasteiger partial charge in [-0.25, -0.2) is 4.79 Å². The van der Waals surface area contributed by atoms with Crippen LogP contribution in [-0.2, 0) is 19.2 Å². The summed E-state index contributed by atoms with van der Waals surface area (Å²) in [7, 11) is 1.23. The van der Waals surface area contributed by atoms with E-state index in [4.69, 9.17) is 11.6 Å². The Balaban J connectivity index is 4.69. The van der Waals surface area contributed by atoms with Gasteiger partial charge in [-0.15, -0.1) is 11.6 Å². The molecule has 0 fully saturated rings. The Morgan fingerprint density at radius 3 is 2.43 bits per heavy atom. The van der Waals surface area contributed by atoms with Crippen LogP contribution in [-0.4, -0.2) is 36.6 Å². The number of halogens is 1. The number of esters is 1. The van der Waals surface area contributed by atoms with Crippen LogP contribution in [0.3, 0.4) is 0 Å². The summed E-state index contributed by atoms with van der Waals surface area (Å²) in [5, 5.41) is 2.43. The maximum absolute atomic E-state index is 11.3. The second-order valence-electron chi connectivity index (χ2n) is 2.32. The summed E-state index contributed by atoms with van der Waals surface area (Å²) in [5.41, 5.74) is -0.420. The number of rotatable bonds is 5. The van der Waals surface area contributed by atoms with Crippen LogP contribution in [0.15, 0.2) is 5.16 Å². The molecule has 0 aromatic rings. The predicted molar refractivity (Wildman–Crippen MR) is 51.4 cm³/mol. The van der Waals surface area contributed by atoms with E-state index >= 15 is 0 Å². The first-order valence-corrected chi connectivity index (χ1v) is 4.44. The van der Waals surface area contributed by atoms with E-state index in [1.165, 1.54) is 14.0 Å². The Morgan fingerprint density at radius 1 is 1.50 bits per heavy atom. The fraction of sp³-hybridized carbons (Fsp3) is 0.625. The highest BCUT2D eigenvalue weighted by Crippen LogP contribution is 2.00. The normalized spacial score (nSPS) is 13.3. The lowest BCUT2D eigenvalue weighted by Crippen LogP contribution is -2.31. The van der Waals surface area contributed by atoms with E-state index in [1.807, 2.05) is 0 Å². The molecule has 0 aliphatic rings. The van der Waals surface area contributed by atoms with Crippen LogP contribution in [0.2, 0.25) is 0 Å². The first-order valence-electron chi connectivity index (χ1n) is 4.01. The number of carbonyl (C=O) groups is 2. The van der Waals surface area contributed by atoms with Crippen molar-refractivity contribution >= 4 is 29.1 Å². The molecule has 0 bridgehead atoms. The second-order valence-corrected chi connectivity index (χ2v) is 2.98. The molecular formula is C8H12ClNO4. The van der Waals surface area contributed by atoms with Gasteiger partial charge in [0.2, 0.25) is 11.5 Å². The molecule has 80 valence electrons. The lowest BCUT2D eigenvalue weighted by atomic mass is 10.2. The number of carbonyl (C=O) groups excluding carboxylic acids is 2. The lowest BCUT2D eigenvalue weighted by Gasteiger charge is -2.04. The fourth-order valence-corrected chi connectivity index (χ4v) is 0.765. The van der Waals surface area contributed by atoms with Gasteiger partial charge in [-0.2, -0.15) is 0 Å². The molecule has 0 amide bonds. The van der Waals surface area contributed by atoms with Crippen molar-refractivity contribution < 1.29 is 19.2 Å². The number of hydrogen-bond acceptors (Lipinski definition) is 5. The lowest BCUT2D eigenvalue weighted by molar-refractivity contribution is -0.136. The standard InChI is InChI=1S/C8H12ClNO4/c1-4-14-8(12)6(10-13-3)7(11)5(2)9/h5H,4H2,1-3H3. The van der Waals surface area contributed by atoms with Gasteiger partial charge in [0.15, 0.2) is 0 Å². The fourth-order valence-electron chi connectivity index (χ4n) is 0.662. The third kappa shape index (κ3) is 3.74. The van der Waals surface area contributed by atoms with Crippen LogP contribution in [0, 0.1) is 0 Å². The van der Waals surface area contributed by atoms with Crippen molar-refractivity contribution in [1.82, 2.24) is 0 Å². The maximum atomic E-state index is 11.3. The molecule has 0 spiro atoms. The zero-order valence-corrected chi connectivity index (χ0v) is 9.00. The van der Waals surface area contributed by atoms with Crippen LogP contribution in [0.1, 0.15) is 13.8 Å². The third-order valence-electron chi connectivity index (χ3n) is 1.25.